The Balaban J connectivity index is 2.13. The van der Waals surface area contributed by atoms with Gasteiger partial charge in [-0.15, -0.1) is 11.8 Å². The number of rotatable bonds is 5. The molecule has 2 atom stereocenters. The molecule has 168 valence electrons. The van der Waals surface area contributed by atoms with Gasteiger partial charge in [0.2, 0.25) is 5.91 Å². The molecule has 1 amide bonds. The van der Waals surface area contributed by atoms with Crippen LogP contribution in [0.5, 0.6) is 5.75 Å². The van der Waals surface area contributed by atoms with Crippen molar-refractivity contribution >= 4 is 23.4 Å². The number of fused-ring (bicyclic) bond motifs is 1. The number of alkyl halides is 3. The van der Waals surface area contributed by atoms with Crippen molar-refractivity contribution in [1.29, 1.82) is 0 Å². The van der Waals surface area contributed by atoms with Crippen molar-refractivity contribution in [2.45, 2.75) is 23.2 Å². The van der Waals surface area contributed by atoms with Gasteiger partial charge in [-0.1, -0.05) is 25.1 Å². The zero-order chi connectivity index (χ0) is 23.0. The van der Waals surface area contributed by atoms with E-state index in [1.165, 1.54) is 11.0 Å². The summed E-state index contributed by atoms with van der Waals surface area (Å²) in [5, 5.41) is -0.449. The molecular weight excluding hydrogens is 425 g/mol. The number of halogens is 3. The quantitative estimate of drug-likeness (QED) is 0.580. The number of hydrogen-bond donors (Lipinski definition) is 0. The Hall–Kier alpha value is -2.19. The minimum absolute atomic E-state index is 0.106. The Morgan fingerprint density at radius 1 is 1.10 bits per heavy atom. The van der Waals surface area contributed by atoms with Gasteiger partial charge >= 0.3 is 6.18 Å². The maximum Gasteiger partial charge on any atom is 0.417 e. The molecule has 3 rings (SSSR count). The summed E-state index contributed by atoms with van der Waals surface area (Å²) in [6.45, 7) is 2.76. The summed E-state index contributed by atoms with van der Waals surface area (Å²) in [5.74, 6) is -0.0125. The fourth-order valence-corrected chi connectivity index (χ4v) is 5.07. The van der Waals surface area contributed by atoms with Crippen LogP contribution in [0.3, 0.4) is 0 Å². The van der Waals surface area contributed by atoms with Crippen LogP contribution in [0.15, 0.2) is 47.4 Å². The van der Waals surface area contributed by atoms with Gasteiger partial charge in [-0.05, 0) is 29.8 Å². The van der Waals surface area contributed by atoms with E-state index < -0.39 is 22.9 Å². The first-order valence-electron chi connectivity index (χ1n) is 10.0. The molecule has 31 heavy (non-hydrogen) atoms. The second kappa shape index (κ2) is 8.74. The highest BCUT2D eigenvalue weighted by atomic mass is 32.2. The monoisotopic (exact) mass is 453 g/mol. The van der Waals surface area contributed by atoms with Gasteiger partial charge in [0.1, 0.15) is 5.75 Å². The molecule has 0 saturated carbocycles. The van der Waals surface area contributed by atoms with Crippen LogP contribution in [0.4, 0.5) is 18.9 Å². The van der Waals surface area contributed by atoms with E-state index >= 15 is 0 Å². The minimum atomic E-state index is -4.51. The van der Waals surface area contributed by atoms with E-state index in [0.717, 1.165) is 23.4 Å². The van der Waals surface area contributed by atoms with Gasteiger partial charge in [0, 0.05) is 10.1 Å². The van der Waals surface area contributed by atoms with E-state index in [1.807, 2.05) is 33.3 Å². The standard InChI is InChI=1S/C23H28F3N2O2S/c1-15-20(16-9-11-17(30-5)12-10-16)31-21-18(23(24,25)26)7-6-8-19(21)27(22(15)29)13-14-28(2,3)4/h6-12,15,20H,13-14H2,1-5H3/q+1/t15-,20-/m1/s1. The van der Waals surface area contributed by atoms with Gasteiger partial charge in [-0.25, -0.2) is 0 Å². The molecule has 1 aliphatic rings. The van der Waals surface area contributed by atoms with Crippen molar-refractivity contribution < 1.29 is 27.2 Å². The van der Waals surface area contributed by atoms with Crippen LogP contribution in [0.1, 0.15) is 23.3 Å². The van der Waals surface area contributed by atoms with Gasteiger partial charge in [0.25, 0.3) is 0 Å². The summed E-state index contributed by atoms with van der Waals surface area (Å²) in [7, 11) is 7.54. The summed E-state index contributed by atoms with van der Waals surface area (Å²) in [5.41, 5.74) is 0.426. The molecular formula is C23H28F3N2O2S+. The second-order valence-corrected chi connectivity index (χ2v) is 9.91. The third kappa shape index (κ3) is 5.18. The molecule has 0 bridgehead atoms. The first kappa shape index (κ1) is 23.5. The van der Waals surface area contributed by atoms with Crippen molar-refractivity contribution in [1.82, 2.24) is 0 Å². The number of quaternary nitrogens is 1. The van der Waals surface area contributed by atoms with E-state index in [1.54, 1.807) is 32.2 Å². The zero-order valence-corrected chi connectivity index (χ0v) is 19.2. The molecule has 0 N–H and O–H groups in total. The van der Waals surface area contributed by atoms with E-state index in [9.17, 15) is 18.0 Å². The van der Waals surface area contributed by atoms with Crippen LogP contribution >= 0.6 is 11.8 Å². The fraction of sp³-hybridized carbons (Fsp3) is 0.435. The lowest BCUT2D eigenvalue weighted by atomic mass is 9.98. The van der Waals surface area contributed by atoms with Crippen LogP contribution in [0.25, 0.3) is 0 Å². The van der Waals surface area contributed by atoms with Crippen molar-refractivity contribution in [2.24, 2.45) is 5.92 Å². The lowest BCUT2D eigenvalue weighted by molar-refractivity contribution is -0.868. The molecule has 0 aliphatic carbocycles. The number of thioether (sulfide) groups is 1. The van der Waals surface area contributed by atoms with Crippen molar-refractivity contribution in [2.75, 3.05) is 46.2 Å². The Bertz CT molecular complexity index is 939. The van der Waals surface area contributed by atoms with Gasteiger partial charge in [-0.3, -0.25) is 4.79 Å². The fourth-order valence-electron chi connectivity index (χ4n) is 3.59. The number of likely N-dealkylation sites (N-methyl/N-ethyl adjacent to an activating group) is 1. The van der Waals surface area contributed by atoms with Crippen LogP contribution in [0.2, 0.25) is 0 Å². The van der Waals surface area contributed by atoms with Gasteiger partial charge < -0.3 is 14.1 Å². The molecule has 1 heterocycles. The summed E-state index contributed by atoms with van der Waals surface area (Å²) in [4.78, 5) is 15.1. The van der Waals surface area contributed by atoms with Crippen LogP contribution in [-0.2, 0) is 11.0 Å². The summed E-state index contributed by atoms with van der Waals surface area (Å²) >= 11 is 1.12. The Kier molecular flexibility index (Phi) is 6.62. The lowest BCUT2D eigenvalue weighted by Crippen LogP contribution is -2.45. The molecule has 2 aromatic carbocycles. The molecule has 2 aromatic rings. The zero-order valence-electron chi connectivity index (χ0n) is 18.4. The smallest absolute Gasteiger partial charge is 0.417 e. The molecule has 0 saturated heterocycles. The Morgan fingerprint density at radius 3 is 2.29 bits per heavy atom. The third-order valence-corrected chi connectivity index (χ3v) is 6.98. The minimum Gasteiger partial charge on any atom is -0.497 e. The molecule has 8 heteroatoms. The maximum absolute atomic E-state index is 13.9. The number of benzene rings is 2. The SMILES string of the molecule is COc1ccc([C@@H]2Sc3c(cccc3C(F)(F)F)N(CC[N+](C)(C)C)C(=O)[C@@H]2C)cc1. The molecule has 0 spiro atoms. The molecule has 0 radical (unpaired) electrons. The first-order valence-corrected chi connectivity index (χ1v) is 10.9. The van der Waals surface area contributed by atoms with E-state index in [-0.39, 0.29) is 10.8 Å². The van der Waals surface area contributed by atoms with E-state index in [4.69, 9.17) is 4.74 Å². The average molecular weight is 454 g/mol. The summed E-state index contributed by atoms with van der Waals surface area (Å²) in [6, 6.07) is 11.3. The van der Waals surface area contributed by atoms with Crippen LogP contribution < -0.4 is 9.64 Å². The van der Waals surface area contributed by atoms with Gasteiger partial charge in [-0.2, -0.15) is 13.2 Å². The first-order chi connectivity index (χ1) is 14.4. The predicted octanol–water partition coefficient (Wildman–Crippen LogP) is 5.24. The Labute approximate surface area is 185 Å². The van der Waals surface area contributed by atoms with Crippen molar-refractivity contribution in [3.63, 3.8) is 0 Å². The third-order valence-electron chi connectivity index (χ3n) is 5.38. The number of amides is 1. The lowest BCUT2D eigenvalue weighted by Gasteiger charge is -2.30. The highest BCUT2D eigenvalue weighted by Gasteiger charge is 2.41. The second-order valence-electron chi connectivity index (χ2n) is 8.76. The number of carbonyl (C=O) groups excluding carboxylic acids is 1. The maximum atomic E-state index is 13.9. The number of nitrogens with zero attached hydrogens (tertiary/aromatic N) is 2. The van der Waals surface area contributed by atoms with E-state index in [2.05, 4.69) is 0 Å². The predicted molar refractivity (Wildman–Crippen MR) is 117 cm³/mol. The van der Waals surface area contributed by atoms with Crippen molar-refractivity contribution in [3.05, 3.63) is 53.6 Å². The average Bonchev–Trinajstić information content (AvgIpc) is 2.80. The largest absolute Gasteiger partial charge is 0.497 e. The number of anilines is 1. The normalized spacial score (nSPS) is 19.7. The molecule has 0 fully saturated rings. The van der Waals surface area contributed by atoms with Crippen LogP contribution in [0, 0.1) is 5.92 Å². The van der Waals surface area contributed by atoms with Crippen molar-refractivity contribution in [3.8, 4) is 5.75 Å². The topological polar surface area (TPSA) is 29.5 Å². The summed E-state index contributed by atoms with van der Waals surface area (Å²) in [6.07, 6.45) is -4.51. The van der Waals surface area contributed by atoms with Gasteiger partial charge in [0.15, 0.2) is 0 Å². The molecule has 0 unspecified atom stereocenters. The molecule has 1 aliphatic heterocycles. The van der Waals surface area contributed by atoms with Crippen LogP contribution in [-0.4, -0.2) is 51.7 Å². The number of methoxy groups -OCH3 is 1. The van der Waals surface area contributed by atoms with Gasteiger partial charge in [0.05, 0.1) is 58.5 Å². The van der Waals surface area contributed by atoms with E-state index in [0.29, 0.717) is 29.0 Å². The number of ether oxygens (including phenoxy) is 1. The molecule has 0 aromatic heterocycles. The number of carbonyl (C=O) groups is 1. The number of hydrogen-bond acceptors (Lipinski definition) is 3. The Morgan fingerprint density at radius 2 is 1.74 bits per heavy atom. The summed E-state index contributed by atoms with van der Waals surface area (Å²) < 4.78 is 47.5. The molecule has 4 nitrogen and oxygen atoms in total. The highest BCUT2D eigenvalue weighted by Crippen LogP contribution is 2.52. The highest BCUT2D eigenvalue weighted by molar-refractivity contribution is 7.99.